The van der Waals surface area contributed by atoms with Gasteiger partial charge in [0.1, 0.15) is 17.5 Å². The van der Waals surface area contributed by atoms with E-state index >= 15 is 0 Å². The maximum Gasteiger partial charge on any atom is 0.338 e. The van der Waals surface area contributed by atoms with Crippen LogP contribution in [0.3, 0.4) is 0 Å². The Morgan fingerprint density at radius 1 is 1.05 bits per heavy atom. The zero-order valence-corrected chi connectivity index (χ0v) is 22.7. The average Bonchev–Trinajstić information content (AvgIpc) is 3.22. The number of hydrogen-bond donors (Lipinski definition) is 0. The number of rotatable bonds is 6. The van der Waals surface area contributed by atoms with Crippen molar-refractivity contribution in [1.82, 2.24) is 4.57 Å². The predicted octanol–water partition coefficient (Wildman–Crippen LogP) is 4.28. The summed E-state index contributed by atoms with van der Waals surface area (Å²) in [6.45, 7) is 5.70. The van der Waals surface area contributed by atoms with Gasteiger partial charge in [-0.05, 0) is 60.9 Å². The van der Waals surface area contributed by atoms with Crippen LogP contribution < -0.4 is 24.4 Å². The Kier molecular flexibility index (Phi) is 6.91. The standard InChI is InChI=1S/C30H28N2O5S/c1-6-37-29(34)25-18(3)31-30-32(27(25)26-21-10-8-7-9-20(21)13-14-22(26)35-4)28(33)24(38-30)16-19-12-11-17(2)23(15-19)36-5/h7-16,27H,6H2,1-5H3/b24-16-. The minimum Gasteiger partial charge on any atom is -0.496 e. The molecule has 3 aromatic carbocycles. The lowest BCUT2D eigenvalue weighted by atomic mass is 9.90. The molecule has 1 aromatic heterocycles. The fourth-order valence-corrected chi connectivity index (χ4v) is 5.92. The van der Waals surface area contributed by atoms with Crippen molar-refractivity contribution >= 4 is 34.2 Å². The maximum atomic E-state index is 14.0. The normalized spacial score (nSPS) is 15.3. The Morgan fingerprint density at radius 3 is 2.55 bits per heavy atom. The second-order valence-electron chi connectivity index (χ2n) is 8.93. The Labute approximate surface area is 223 Å². The van der Waals surface area contributed by atoms with E-state index in [0.717, 1.165) is 27.6 Å². The lowest BCUT2D eigenvalue weighted by Gasteiger charge is -2.27. The Balaban J connectivity index is 1.83. The van der Waals surface area contributed by atoms with E-state index in [9.17, 15) is 9.59 Å². The predicted molar refractivity (Wildman–Crippen MR) is 149 cm³/mol. The van der Waals surface area contributed by atoms with Crippen LogP contribution in [0.5, 0.6) is 11.5 Å². The van der Waals surface area contributed by atoms with Gasteiger partial charge in [-0.2, -0.15) is 0 Å². The van der Waals surface area contributed by atoms with E-state index < -0.39 is 12.0 Å². The van der Waals surface area contributed by atoms with Crippen LogP contribution in [-0.4, -0.2) is 31.4 Å². The van der Waals surface area contributed by atoms with Crippen molar-refractivity contribution in [2.75, 3.05) is 20.8 Å². The number of fused-ring (bicyclic) bond motifs is 2. The molecule has 0 spiro atoms. The molecule has 0 N–H and O–H groups in total. The highest BCUT2D eigenvalue weighted by Crippen LogP contribution is 2.40. The number of carbonyl (C=O) groups is 1. The third-order valence-corrected chi connectivity index (χ3v) is 7.65. The third kappa shape index (κ3) is 4.31. The third-order valence-electron chi connectivity index (χ3n) is 6.67. The first-order valence-electron chi connectivity index (χ1n) is 12.3. The second kappa shape index (κ2) is 10.3. The van der Waals surface area contributed by atoms with E-state index in [1.807, 2.05) is 67.6 Å². The molecule has 8 heteroatoms. The smallest absolute Gasteiger partial charge is 0.338 e. The minimum absolute atomic E-state index is 0.203. The number of hydrogen-bond acceptors (Lipinski definition) is 7. The van der Waals surface area contributed by atoms with Gasteiger partial charge in [0, 0.05) is 5.56 Å². The van der Waals surface area contributed by atoms with Gasteiger partial charge in [0.15, 0.2) is 4.80 Å². The van der Waals surface area contributed by atoms with Crippen LogP contribution in [0.15, 0.2) is 75.7 Å². The van der Waals surface area contributed by atoms with Crippen LogP contribution in [0.1, 0.15) is 36.6 Å². The molecular formula is C30H28N2O5S. The molecule has 0 amide bonds. The number of esters is 1. The lowest BCUT2D eigenvalue weighted by Crippen LogP contribution is -2.40. The summed E-state index contributed by atoms with van der Waals surface area (Å²) in [5.41, 5.74) is 3.13. The molecule has 2 heterocycles. The quantitative estimate of drug-likeness (QED) is 0.349. The highest BCUT2D eigenvalue weighted by molar-refractivity contribution is 7.07. The SMILES string of the molecule is CCOC(=O)C1=C(C)N=c2s/c(=C\c3ccc(C)c(OC)c3)c(=O)n2C1c1c(OC)ccc2ccccc12. The van der Waals surface area contributed by atoms with E-state index in [0.29, 0.717) is 31.9 Å². The fourth-order valence-electron chi connectivity index (χ4n) is 4.88. The topological polar surface area (TPSA) is 79.1 Å². The van der Waals surface area contributed by atoms with Crippen LogP contribution >= 0.6 is 11.3 Å². The number of ether oxygens (including phenoxy) is 3. The fraction of sp³-hybridized carbons (Fsp3) is 0.233. The number of nitrogens with zero attached hydrogens (tertiary/aromatic N) is 2. The van der Waals surface area contributed by atoms with Crippen LogP contribution in [0.25, 0.3) is 16.8 Å². The van der Waals surface area contributed by atoms with E-state index in [1.165, 1.54) is 11.3 Å². The minimum atomic E-state index is -0.777. The molecule has 194 valence electrons. The number of carbonyl (C=O) groups excluding carboxylic acids is 1. The summed E-state index contributed by atoms with van der Waals surface area (Å²) in [5.74, 6) is 0.805. The Morgan fingerprint density at radius 2 is 1.82 bits per heavy atom. The first kappa shape index (κ1) is 25.5. The van der Waals surface area contributed by atoms with Gasteiger partial charge in [-0.1, -0.05) is 53.8 Å². The van der Waals surface area contributed by atoms with Crippen LogP contribution in [0.4, 0.5) is 0 Å². The van der Waals surface area contributed by atoms with Gasteiger partial charge in [-0.15, -0.1) is 0 Å². The number of thiazole rings is 1. The molecule has 4 aromatic rings. The lowest BCUT2D eigenvalue weighted by molar-refractivity contribution is -0.139. The monoisotopic (exact) mass is 528 g/mol. The summed E-state index contributed by atoms with van der Waals surface area (Å²) in [4.78, 5) is 32.6. The molecule has 0 aliphatic carbocycles. The molecule has 5 rings (SSSR count). The van der Waals surface area contributed by atoms with Crippen molar-refractivity contribution < 1.29 is 19.0 Å². The molecule has 1 aliphatic rings. The van der Waals surface area contributed by atoms with Crippen molar-refractivity contribution in [2.45, 2.75) is 26.8 Å². The number of aromatic nitrogens is 1. The highest BCUT2D eigenvalue weighted by Gasteiger charge is 2.36. The molecule has 7 nitrogen and oxygen atoms in total. The van der Waals surface area contributed by atoms with E-state index in [-0.39, 0.29) is 12.2 Å². The van der Waals surface area contributed by atoms with Crippen molar-refractivity contribution in [3.05, 3.63) is 102 Å². The number of methoxy groups -OCH3 is 2. The molecule has 0 radical (unpaired) electrons. The van der Waals surface area contributed by atoms with Crippen molar-refractivity contribution in [2.24, 2.45) is 4.99 Å². The van der Waals surface area contributed by atoms with Crippen LogP contribution in [-0.2, 0) is 9.53 Å². The average molecular weight is 529 g/mol. The molecule has 1 atom stereocenters. The molecule has 0 fully saturated rings. The van der Waals surface area contributed by atoms with Gasteiger partial charge in [-0.3, -0.25) is 9.36 Å². The van der Waals surface area contributed by atoms with Crippen molar-refractivity contribution in [3.8, 4) is 11.5 Å². The first-order chi connectivity index (χ1) is 18.4. The zero-order valence-electron chi connectivity index (χ0n) is 21.9. The van der Waals surface area contributed by atoms with Gasteiger partial charge in [0.25, 0.3) is 5.56 Å². The Bertz CT molecular complexity index is 1780. The molecule has 0 saturated heterocycles. The molecule has 1 unspecified atom stereocenters. The van der Waals surface area contributed by atoms with Gasteiger partial charge in [0.2, 0.25) is 0 Å². The van der Waals surface area contributed by atoms with Crippen LogP contribution in [0.2, 0.25) is 0 Å². The van der Waals surface area contributed by atoms with Gasteiger partial charge in [-0.25, -0.2) is 9.79 Å². The van der Waals surface area contributed by atoms with Crippen molar-refractivity contribution in [1.29, 1.82) is 0 Å². The zero-order chi connectivity index (χ0) is 27.0. The number of allylic oxidation sites excluding steroid dienone is 1. The van der Waals surface area contributed by atoms with E-state index in [2.05, 4.69) is 4.99 Å². The molecule has 0 bridgehead atoms. The summed E-state index contributed by atoms with van der Waals surface area (Å²) < 4.78 is 18.8. The molecule has 0 saturated carbocycles. The highest BCUT2D eigenvalue weighted by atomic mass is 32.1. The maximum absolute atomic E-state index is 14.0. The molecule has 38 heavy (non-hydrogen) atoms. The summed E-state index contributed by atoms with van der Waals surface area (Å²) in [7, 11) is 3.21. The van der Waals surface area contributed by atoms with E-state index in [4.69, 9.17) is 14.2 Å². The largest absolute Gasteiger partial charge is 0.496 e. The van der Waals surface area contributed by atoms with Crippen LogP contribution in [0, 0.1) is 6.92 Å². The number of aryl methyl sites for hydroxylation is 1. The Hall–Kier alpha value is -4.17. The van der Waals surface area contributed by atoms with Gasteiger partial charge in [0.05, 0.1) is 36.6 Å². The number of benzene rings is 3. The molecule has 1 aliphatic heterocycles. The van der Waals surface area contributed by atoms with Crippen molar-refractivity contribution in [3.63, 3.8) is 0 Å². The van der Waals surface area contributed by atoms with Gasteiger partial charge >= 0.3 is 5.97 Å². The van der Waals surface area contributed by atoms with E-state index in [1.54, 1.807) is 32.6 Å². The second-order valence-corrected chi connectivity index (χ2v) is 9.94. The molecular weight excluding hydrogens is 500 g/mol. The first-order valence-corrected chi connectivity index (χ1v) is 13.1. The summed E-state index contributed by atoms with van der Waals surface area (Å²) in [6.07, 6.45) is 1.83. The van der Waals surface area contributed by atoms with Gasteiger partial charge < -0.3 is 14.2 Å². The summed E-state index contributed by atoms with van der Waals surface area (Å²) in [6, 6.07) is 16.7. The summed E-state index contributed by atoms with van der Waals surface area (Å²) >= 11 is 1.28. The summed E-state index contributed by atoms with van der Waals surface area (Å²) in [5, 5.41) is 1.85.